The number of hydrogen-bond donors (Lipinski definition) is 0. The lowest BCUT2D eigenvalue weighted by Crippen LogP contribution is -1.88. The Bertz CT molecular complexity index is 652. The molecule has 0 fully saturated rings. The van der Waals surface area contributed by atoms with Crippen LogP contribution in [0.2, 0.25) is 0 Å². The van der Waals surface area contributed by atoms with Crippen LogP contribution in [0.5, 0.6) is 0 Å². The molecule has 3 rings (SSSR count). The molecule has 0 spiro atoms. The molecule has 0 radical (unpaired) electrons. The Hall–Kier alpha value is -2.34. The van der Waals surface area contributed by atoms with E-state index in [1.807, 2.05) is 0 Å². The fourth-order valence-electron chi connectivity index (χ4n) is 2.19. The van der Waals surface area contributed by atoms with Gasteiger partial charge in [0.1, 0.15) is 0 Å². The zero-order chi connectivity index (χ0) is 19.5. The fourth-order valence-corrected chi connectivity index (χ4v) is 2.19. The summed E-state index contributed by atoms with van der Waals surface area (Å²) >= 11 is 0. The van der Waals surface area contributed by atoms with E-state index >= 15 is 0 Å². The minimum absolute atomic E-state index is 0.605. The van der Waals surface area contributed by atoms with Gasteiger partial charge in [-0.3, -0.25) is 0 Å². The summed E-state index contributed by atoms with van der Waals surface area (Å²) in [6, 6.07) is 17.0. The highest BCUT2D eigenvalue weighted by Gasteiger charge is 1.99. The molecular formula is C26H34. The van der Waals surface area contributed by atoms with Crippen molar-refractivity contribution in [1.82, 2.24) is 0 Å². The monoisotopic (exact) mass is 346 g/mol. The first-order chi connectivity index (χ1) is 12.3. The summed E-state index contributed by atoms with van der Waals surface area (Å²) < 4.78 is 0. The maximum atomic E-state index is 2.24. The minimum Gasteiger partial charge on any atom is -0.0774 e. The van der Waals surface area contributed by atoms with Crippen molar-refractivity contribution in [3.05, 3.63) is 106 Å². The molecule has 1 aliphatic rings. The molecule has 0 heterocycles. The summed E-state index contributed by atoms with van der Waals surface area (Å²) in [6.45, 7) is 14.9. The summed E-state index contributed by atoms with van der Waals surface area (Å²) in [5.41, 5.74) is 8.09. The Morgan fingerprint density at radius 3 is 1.23 bits per heavy atom. The van der Waals surface area contributed by atoms with Gasteiger partial charge in [0.05, 0.1) is 0 Å². The van der Waals surface area contributed by atoms with Gasteiger partial charge in [-0.15, -0.1) is 0 Å². The molecule has 0 amide bonds. The van der Waals surface area contributed by atoms with Crippen LogP contribution >= 0.6 is 0 Å². The third-order valence-corrected chi connectivity index (χ3v) is 4.41. The quantitative estimate of drug-likeness (QED) is 0.458. The van der Waals surface area contributed by atoms with Gasteiger partial charge >= 0.3 is 0 Å². The highest BCUT2D eigenvalue weighted by Crippen LogP contribution is 2.16. The average Bonchev–Trinajstić information content (AvgIpc) is 2.77. The van der Waals surface area contributed by atoms with E-state index in [1.54, 1.807) is 0 Å². The smallest absolute Gasteiger partial charge is 0.00481 e. The van der Waals surface area contributed by atoms with Crippen LogP contribution in [0.4, 0.5) is 0 Å². The van der Waals surface area contributed by atoms with E-state index in [9.17, 15) is 0 Å². The normalized spacial score (nSPS) is 15.4. The molecule has 0 aromatic heterocycles. The zero-order valence-electron chi connectivity index (χ0n) is 17.5. The molecule has 138 valence electrons. The highest BCUT2D eigenvalue weighted by molar-refractivity contribution is 5.30. The first-order valence-corrected chi connectivity index (χ1v) is 9.37. The van der Waals surface area contributed by atoms with Crippen LogP contribution in [-0.2, 0) is 0 Å². The van der Waals surface area contributed by atoms with E-state index in [1.165, 1.54) is 33.4 Å². The molecule has 2 aromatic rings. The second kappa shape index (κ2) is 11.3. The molecule has 1 unspecified atom stereocenters. The Balaban J connectivity index is 0.000000197. The van der Waals surface area contributed by atoms with Gasteiger partial charge in [0, 0.05) is 0 Å². The van der Waals surface area contributed by atoms with Crippen molar-refractivity contribution in [2.45, 2.75) is 48.5 Å². The molecule has 26 heavy (non-hydrogen) atoms. The van der Waals surface area contributed by atoms with Crippen LogP contribution in [0.25, 0.3) is 0 Å². The van der Waals surface area contributed by atoms with Crippen LogP contribution < -0.4 is 0 Å². The molecule has 1 atom stereocenters. The van der Waals surface area contributed by atoms with Gasteiger partial charge in [0.25, 0.3) is 0 Å². The number of benzene rings is 2. The lowest BCUT2D eigenvalue weighted by Gasteiger charge is -2.02. The van der Waals surface area contributed by atoms with Gasteiger partial charge in [0.2, 0.25) is 0 Å². The van der Waals surface area contributed by atoms with E-state index in [0.717, 1.165) is 0 Å². The third-order valence-electron chi connectivity index (χ3n) is 4.41. The second-order valence-electron chi connectivity index (χ2n) is 7.28. The molecule has 0 saturated carbocycles. The molecule has 0 saturated heterocycles. The topological polar surface area (TPSA) is 0 Å². The Morgan fingerprint density at radius 1 is 0.538 bits per heavy atom. The van der Waals surface area contributed by atoms with Gasteiger partial charge < -0.3 is 0 Å². The van der Waals surface area contributed by atoms with Crippen molar-refractivity contribution in [3.63, 3.8) is 0 Å². The molecule has 1 aliphatic carbocycles. The molecule has 0 nitrogen and oxygen atoms in total. The van der Waals surface area contributed by atoms with E-state index in [-0.39, 0.29) is 0 Å². The first kappa shape index (κ1) is 21.7. The largest absolute Gasteiger partial charge is 0.0774 e. The van der Waals surface area contributed by atoms with Gasteiger partial charge in [-0.1, -0.05) is 113 Å². The van der Waals surface area contributed by atoms with Crippen molar-refractivity contribution < 1.29 is 0 Å². The average molecular weight is 347 g/mol. The van der Waals surface area contributed by atoms with Crippen LogP contribution in [0.3, 0.4) is 0 Å². The van der Waals surface area contributed by atoms with Crippen molar-refractivity contribution in [2.75, 3.05) is 0 Å². The van der Waals surface area contributed by atoms with Crippen LogP contribution in [0.1, 0.15) is 43.0 Å². The molecule has 0 heteroatoms. The van der Waals surface area contributed by atoms with E-state index in [4.69, 9.17) is 0 Å². The second-order valence-corrected chi connectivity index (χ2v) is 7.28. The Kier molecular flexibility index (Phi) is 9.44. The third kappa shape index (κ3) is 9.22. The van der Waals surface area contributed by atoms with Crippen molar-refractivity contribution in [2.24, 2.45) is 5.92 Å². The van der Waals surface area contributed by atoms with E-state index in [0.29, 0.717) is 5.92 Å². The Morgan fingerprint density at radius 2 is 0.885 bits per heavy atom. The van der Waals surface area contributed by atoms with Crippen molar-refractivity contribution in [1.29, 1.82) is 0 Å². The lowest BCUT2D eigenvalue weighted by molar-refractivity contribution is 0.865. The highest BCUT2D eigenvalue weighted by atomic mass is 14.1. The van der Waals surface area contributed by atoms with Crippen LogP contribution in [0, 0.1) is 33.6 Å². The Labute approximate surface area is 161 Å². The predicted molar refractivity (Wildman–Crippen MR) is 118 cm³/mol. The summed E-state index contributed by atoms with van der Waals surface area (Å²) in [4.78, 5) is 0. The summed E-state index contributed by atoms with van der Waals surface area (Å²) in [5, 5.41) is 0. The molecule has 0 bridgehead atoms. The van der Waals surface area contributed by atoms with Gasteiger partial charge in [-0.05, 0) is 47.5 Å². The van der Waals surface area contributed by atoms with Crippen molar-refractivity contribution >= 4 is 0 Å². The van der Waals surface area contributed by atoms with Gasteiger partial charge in [-0.25, -0.2) is 0 Å². The molecule has 0 N–H and O–H groups in total. The molecule has 0 aliphatic heterocycles. The number of aryl methyl sites for hydroxylation is 4. The number of rotatable bonds is 0. The van der Waals surface area contributed by atoms with Crippen LogP contribution in [-0.4, -0.2) is 0 Å². The van der Waals surface area contributed by atoms with Gasteiger partial charge in [0.15, 0.2) is 0 Å². The zero-order valence-corrected chi connectivity index (χ0v) is 17.5. The number of allylic oxidation sites excluding steroid dienone is 6. The predicted octanol–water partition coefficient (Wildman–Crippen LogP) is 7.69. The maximum Gasteiger partial charge on any atom is -0.00481 e. The van der Waals surface area contributed by atoms with E-state index in [2.05, 4.69) is 121 Å². The summed E-state index contributed by atoms with van der Waals surface area (Å²) in [5.74, 6) is 0.605. The molecule has 2 aromatic carbocycles. The molecular weight excluding hydrogens is 312 g/mol. The fraction of sp³-hybridized carbons (Fsp3) is 0.308. The summed E-state index contributed by atoms with van der Waals surface area (Å²) in [6.07, 6.45) is 8.78. The van der Waals surface area contributed by atoms with Crippen molar-refractivity contribution in [3.8, 4) is 0 Å². The SMILES string of the molecule is CC1=CC=C(C)C(C)C=C1.Cc1ccc(C)cc1.Cc1ccc(C)cc1. The summed E-state index contributed by atoms with van der Waals surface area (Å²) in [7, 11) is 0. The first-order valence-electron chi connectivity index (χ1n) is 9.37. The number of hydrogen-bond acceptors (Lipinski definition) is 0. The minimum atomic E-state index is 0.605. The van der Waals surface area contributed by atoms with E-state index < -0.39 is 0 Å². The lowest BCUT2D eigenvalue weighted by atomic mass is 10.0. The van der Waals surface area contributed by atoms with Crippen LogP contribution in [0.15, 0.2) is 84.0 Å². The maximum absolute atomic E-state index is 2.24. The van der Waals surface area contributed by atoms with Gasteiger partial charge in [-0.2, -0.15) is 0 Å². The standard InChI is InChI=1S/C10H14.2C8H10/c1-8-4-6-9(2)10(3)7-5-8;2*1-7-3-5-8(2)6-4-7/h4-7,9H,1-3H3;2*3-6H,1-2H3.